The number of hydrogen-bond donors (Lipinski definition) is 1. The first-order valence-corrected chi connectivity index (χ1v) is 13.1. The molecule has 0 saturated heterocycles. The number of carbonyl (C=O) groups is 2. The third-order valence-electron chi connectivity index (χ3n) is 6.91. The monoisotopic (exact) mass is 567 g/mol. The molecule has 38 heavy (non-hydrogen) atoms. The van der Waals surface area contributed by atoms with Crippen molar-refractivity contribution in [3.05, 3.63) is 63.2 Å². The molecule has 2 aromatic rings. The quantitative estimate of drug-likeness (QED) is 0.172. The Hall–Kier alpha value is -2.88. The summed E-state index contributed by atoms with van der Waals surface area (Å²) >= 11 is 6.37. The molecule has 9 nitrogen and oxygen atoms in total. The number of amides is 2. The second-order valence-corrected chi connectivity index (χ2v) is 9.89. The van der Waals surface area contributed by atoms with Gasteiger partial charge in [0.05, 0.1) is 35.3 Å². The number of nitrogen functional groups attached to an aromatic ring is 1. The Morgan fingerprint density at radius 2 is 1.66 bits per heavy atom. The van der Waals surface area contributed by atoms with Crippen LogP contribution in [0.5, 0.6) is 0 Å². The van der Waals surface area contributed by atoms with Crippen molar-refractivity contribution in [1.29, 1.82) is 0 Å². The van der Waals surface area contributed by atoms with Crippen LogP contribution in [0.2, 0.25) is 5.02 Å². The molecule has 2 aromatic carbocycles. The normalized spacial score (nSPS) is 11.8. The molecular formula is C27H39Cl2N5O4. The summed E-state index contributed by atoms with van der Waals surface area (Å²) in [4.78, 5) is 40.6. The SMILES string of the molecule is CCC[N+](CCC)(CC(=O)N(C)c1ccc(N)cc1Cl)C(C)CN(CC)C(=O)c1ccc([N+](=O)[O-])cc1.[Cl-]. The highest BCUT2D eigenvalue weighted by Crippen LogP contribution is 2.28. The minimum Gasteiger partial charge on any atom is -1.00 e. The van der Waals surface area contributed by atoms with Crippen molar-refractivity contribution in [3.8, 4) is 0 Å². The smallest absolute Gasteiger partial charge is 0.282 e. The van der Waals surface area contributed by atoms with Crippen LogP contribution in [0, 0.1) is 10.1 Å². The van der Waals surface area contributed by atoms with Crippen molar-refractivity contribution in [3.63, 3.8) is 0 Å². The van der Waals surface area contributed by atoms with Crippen molar-refractivity contribution < 1.29 is 31.4 Å². The molecule has 1 unspecified atom stereocenters. The molecule has 2 rings (SSSR count). The fourth-order valence-electron chi connectivity index (χ4n) is 4.82. The van der Waals surface area contributed by atoms with Crippen LogP contribution in [-0.2, 0) is 4.79 Å². The van der Waals surface area contributed by atoms with Gasteiger partial charge in [0.25, 0.3) is 17.5 Å². The largest absolute Gasteiger partial charge is 1.00 e. The van der Waals surface area contributed by atoms with Crippen LogP contribution in [0.3, 0.4) is 0 Å². The van der Waals surface area contributed by atoms with Gasteiger partial charge in [0.15, 0.2) is 6.54 Å². The first-order chi connectivity index (χ1) is 17.5. The van der Waals surface area contributed by atoms with E-state index in [4.69, 9.17) is 17.3 Å². The molecule has 0 aliphatic rings. The Bertz CT molecular complexity index is 1090. The molecule has 0 fully saturated rings. The number of nitro benzene ring substituents is 1. The average molecular weight is 569 g/mol. The van der Waals surface area contributed by atoms with E-state index in [0.29, 0.717) is 39.5 Å². The van der Waals surface area contributed by atoms with E-state index < -0.39 is 4.92 Å². The molecule has 2 N–H and O–H groups in total. The highest BCUT2D eigenvalue weighted by Gasteiger charge is 2.38. The van der Waals surface area contributed by atoms with Crippen LogP contribution in [0.4, 0.5) is 17.1 Å². The Balaban J connectivity index is 0.00000722. The molecule has 1 atom stereocenters. The summed E-state index contributed by atoms with van der Waals surface area (Å²) < 4.78 is 0.535. The zero-order chi connectivity index (χ0) is 27.8. The second-order valence-electron chi connectivity index (χ2n) is 9.48. The van der Waals surface area contributed by atoms with Gasteiger partial charge in [-0.05, 0) is 57.0 Å². The zero-order valence-electron chi connectivity index (χ0n) is 22.8. The first-order valence-electron chi connectivity index (χ1n) is 12.7. The Morgan fingerprint density at radius 1 is 1.08 bits per heavy atom. The summed E-state index contributed by atoms with van der Waals surface area (Å²) in [5.74, 6) is -0.252. The molecule has 0 spiro atoms. The van der Waals surface area contributed by atoms with Crippen molar-refractivity contribution in [2.75, 3.05) is 50.4 Å². The van der Waals surface area contributed by atoms with Gasteiger partial charge in [0, 0.05) is 37.0 Å². The van der Waals surface area contributed by atoms with Gasteiger partial charge < -0.3 is 32.4 Å². The topological polar surface area (TPSA) is 110 Å². The molecule has 0 radical (unpaired) electrons. The Labute approximate surface area is 236 Å². The number of quaternary nitrogens is 1. The summed E-state index contributed by atoms with van der Waals surface area (Å²) in [7, 11) is 1.72. The van der Waals surface area contributed by atoms with Gasteiger partial charge in [0.2, 0.25) is 0 Å². The number of rotatable bonds is 13. The third-order valence-corrected chi connectivity index (χ3v) is 7.21. The lowest BCUT2D eigenvalue weighted by Crippen LogP contribution is -3.00. The molecule has 0 aliphatic heterocycles. The number of anilines is 2. The lowest BCUT2D eigenvalue weighted by molar-refractivity contribution is -0.941. The molecule has 0 aromatic heterocycles. The predicted octanol–water partition coefficient (Wildman–Crippen LogP) is 1.98. The summed E-state index contributed by atoms with van der Waals surface area (Å²) in [6.07, 6.45) is 1.76. The average Bonchev–Trinajstić information content (AvgIpc) is 2.86. The van der Waals surface area contributed by atoms with Crippen LogP contribution in [0.25, 0.3) is 0 Å². The highest BCUT2D eigenvalue weighted by molar-refractivity contribution is 6.34. The molecule has 0 aliphatic carbocycles. The van der Waals surface area contributed by atoms with Crippen LogP contribution in [0.1, 0.15) is 50.9 Å². The first kappa shape index (κ1) is 33.1. The fraction of sp³-hybridized carbons (Fsp3) is 0.481. The summed E-state index contributed by atoms with van der Waals surface area (Å²) in [5, 5.41) is 11.4. The number of likely N-dealkylation sites (N-methyl/N-ethyl adjacent to an activating group) is 2. The number of nitro groups is 1. The van der Waals surface area contributed by atoms with Crippen molar-refractivity contribution in [1.82, 2.24) is 4.90 Å². The van der Waals surface area contributed by atoms with Gasteiger partial charge in [-0.2, -0.15) is 0 Å². The van der Waals surface area contributed by atoms with E-state index in [2.05, 4.69) is 20.8 Å². The lowest BCUT2D eigenvalue weighted by Gasteiger charge is -2.45. The lowest BCUT2D eigenvalue weighted by atomic mass is 10.1. The number of benzene rings is 2. The van der Waals surface area contributed by atoms with Crippen LogP contribution in [0.15, 0.2) is 42.5 Å². The Kier molecular flexibility index (Phi) is 13.0. The number of nitrogens with two attached hydrogens (primary N) is 1. The van der Waals surface area contributed by atoms with E-state index in [0.717, 1.165) is 25.9 Å². The summed E-state index contributed by atoms with van der Waals surface area (Å²) in [5.41, 5.74) is 7.29. The standard InChI is InChI=1S/C27H39ClN5O4.ClH/c1-6-15-33(16-7-2,19-26(34)30(5)25-14-11-22(29)17-24(25)28)20(4)18-31(8-3)27(35)21-9-12-23(13-10-21)32(36)37;/h9-14,17,20H,6-8,15-16,18-19,29H2,1-5H3;1H/q+1;/p-1. The number of non-ortho nitro benzene ring substituents is 1. The minimum atomic E-state index is -0.485. The maximum Gasteiger partial charge on any atom is 0.282 e. The molecule has 2 amide bonds. The molecular weight excluding hydrogens is 529 g/mol. The zero-order valence-corrected chi connectivity index (χ0v) is 24.3. The molecule has 210 valence electrons. The number of nitrogens with zero attached hydrogens (tertiary/aromatic N) is 4. The maximum atomic E-state index is 13.5. The van der Waals surface area contributed by atoms with Gasteiger partial charge in [-0.15, -0.1) is 0 Å². The number of hydrogen-bond acceptors (Lipinski definition) is 5. The van der Waals surface area contributed by atoms with Gasteiger partial charge in [0.1, 0.15) is 6.04 Å². The third kappa shape index (κ3) is 8.06. The summed E-state index contributed by atoms with van der Waals surface area (Å²) in [6.45, 7) is 11.0. The maximum absolute atomic E-state index is 13.5. The molecule has 0 heterocycles. The highest BCUT2D eigenvalue weighted by atomic mass is 35.5. The Morgan fingerprint density at radius 3 is 2.13 bits per heavy atom. The van der Waals surface area contributed by atoms with Gasteiger partial charge in [-0.1, -0.05) is 25.4 Å². The van der Waals surface area contributed by atoms with Crippen molar-refractivity contribution in [2.45, 2.75) is 46.6 Å². The fourth-order valence-corrected chi connectivity index (χ4v) is 5.13. The van der Waals surface area contributed by atoms with E-state index in [1.807, 2.05) is 6.92 Å². The van der Waals surface area contributed by atoms with E-state index in [9.17, 15) is 19.7 Å². The van der Waals surface area contributed by atoms with E-state index >= 15 is 0 Å². The van der Waals surface area contributed by atoms with Crippen LogP contribution in [-0.4, -0.2) is 71.9 Å². The van der Waals surface area contributed by atoms with E-state index in [1.54, 1.807) is 35.0 Å². The van der Waals surface area contributed by atoms with Gasteiger partial charge in [-0.25, -0.2) is 0 Å². The van der Waals surface area contributed by atoms with Gasteiger partial charge >= 0.3 is 0 Å². The predicted molar refractivity (Wildman–Crippen MR) is 149 cm³/mol. The second kappa shape index (κ2) is 14.9. The molecule has 0 bridgehead atoms. The number of carbonyl (C=O) groups excluding carboxylic acids is 2. The van der Waals surface area contributed by atoms with Gasteiger partial charge in [-0.3, -0.25) is 19.7 Å². The van der Waals surface area contributed by atoms with E-state index in [1.165, 1.54) is 24.3 Å². The van der Waals surface area contributed by atoms with Crippen molar-refractivity contribution in [2.24, 2.45) is 0 Å². The van der Waals surface area contributed by atoms with E-state index in [-0.39, 0.29) is 42.5 Å². The van der Waals surface area contributed by atoms with Crippen LogP contribution < -0.4 is 23.0 Å². The molecule has 11 heteroatoms. The van der Waals surface area contributed by atoms with Crippen LogP contribution >= 0.6 is 11.6 Å². The number of halogens is 2. The molecule has 0 saturated carbocycles. The summed E-state index contributed by atoms with van der Waals surface area (Å²) in [6, 6.07) is 10.7. The minimum absolute atomic E-state index is 0. The van der Waals surface area contributed by atoms with Crippen molar-refractivity contribution >= 4 is 40.5 Å².